The minimum Gasteiger partial charge on any atom is -0.395 e. The Hall–Kier alpha value is -3.26. The second-order valence-electron chi connectivity index (χ2n) is 9.96. The van der Waals surface area contributed by atoms with E-state index in [1.165, 1.54) is 18.2 Å². The van der Waals surface area contributed by atoms with Crippen LogP contribution in [0, 0.1) is 0 Å². The fraction of sp³-hybridized carbons (Fsp3) is 0.400. The number of hydrogen-bond acceptors (Lipinski definition) is 10. The van der Waals surface area contributed by atoms with Gasteiger partial charge in [0.15, 0.2) is 0 Å². The average Bonchev–Trinajstić information content (AvgIpc) is 3.21. The molecule has 3 amide bonds. The van der Waals surface area contributed by atoms with Crippen LogP contribution >= 0.6 is 0 Å². The number of benzene rings is 2. The molecule has 0 spiro atoms. The van der Waals surface area contributed by atoms with Crippen LogP contribution in [-0.2, 0) is 33.3 Å². The van der Waals surface area contributed by atoms with E-state index < -0.39 is 40.7 Å². The summed E-state index contributed by atoms with van der Waals surface area (Å²) >= 11 is 0. The molecule has 200 valence electrons. The SMILES string of the molecule is [B]C1(O)C(=O)NC(=O)C(N2Cc3c(NC(O)(O)c4ccc(CN5CCOCC5)cc4)cccc3C2=O)C1([B])O. The molecular formula is C25H26B2N4O8. The number of nitrogens with one attached hydrogen (secondary N) is 2. The van der Waals surface area contributed by atoms with Crippen molar-refractivity contribution in [1.29, 1.82) is 0 Å². The van der Waals surface area contributed by atoms with Crippen LogP contribution in [0.25, 0.3) is 0 Å². The molecule has 12 nitrogen and oxygen atoms in total. The van der Waals surface area contributed by atoms with E-state index in [0.29, 0.717) is 19.8 Å². The summed E-state index contributed by atoms with van der Waals surface area (Å²) in [6, 6.07) is 9.22. The van der Waals surface area contributed by atoms with Crippen LogP contribution in [0.3, 0.4) is 0 Å². The van der Waals surface area contributed by atoms with Crippen molar-refractivity contribution in [2.45, 2.75) is 36.0 Å². The minimum absolute atomic E-state index is 0.0812. The Kier molecular flexibility index (Phi) is 6.82. The molecule has 2 saturated heterocycles. The van der Waals surface area contributed by atoms with Gasteiger partial charge < -0.3 is 35.4 Å². The molecule has 0 aliphatic carbocycles. The summed E-state index contributed by atoms with van der Waals surface area (Å²) in [6.45, 7) is 3.33. The smallest absolute Gasteiger partial charge is 0.272 e. The molecule has 3 heterocycles. The first-order chi connectivity index (χ1) is 18.3. The molecule has 2 fully saturated rings. The van der Waals surface area contributed by atoms with Crippen LogP contribution in [0.4, 0.5) is 5.69 Å². The van der Waals surface area contributed by atoms with Crippen molar-refractivity contribution in [3.8, 4) is 0 Å². The largest absolute Gasteiger partial charge is 0.395 e. The third kappa shape index (κ3) is 4.73. The maximum Gasteiger partial charge on any atom is 0.272 e. The van der Waals surface area contributed by atoms with Crippen LogP contribution in [0.5, 0.6) is 0 Å². The van der Waals surface area contributed by atoms with E-state index in [2.05, 4.69) is 10.2 Å². The number of carbonyl (C=O) groups is 3. The van der Waals surface area contributed by atoms with Crippen LogP contribution < -0.4 is 10.6 Å². The number of amides is 3. The number of morpholine rings is 1. The lowest BCUT2D eigenvalue weighted by Crippen LogP contribution is -2.79. The first-order valence-electron chi connectivity index (χ1n) is 12.3. The second-order valence-corrected chi connectivity index (χ2v) is 9.96. The molecule has 4 radical (unpaired) electrons. The van der Waals surface area contributed by atoms with Gasteiger partial charge in [0.2, 0.25) is 0 Å². The summed E-state index contributed by atoms with van der Waals surface area (Å²) in [4.78, 5) is 40.9. The first-order valence-corrected chi connectivity index (χ1v) is 12.3. The minimum atomic E-state index is -3.07. The van der Waals surface area contributed by atoms with Crippen LogP contribution in [-0.4, -0.2) is 107 Å². The van der Waals surface area contributed by atoms with Gasteiger partial charge in [-0.1, -0.05) is 30.3 Å². The number of nitrogens with zero attached hydrogens (tertiary/aromatic N) is 2. The summed E-state index contributed by atoms with van der Waals surface area (Å²) in [5, 5.41) is 47.2. The van der Waals surface area contributed by atoms with Gasteiger partial charge in [-0.05, 0) is 17.7 Å². The monoisotopic (exact) mass is 532 g/mol. The summed E-state index contributed by atoms with van der Waals surface area (Å²) < 4.78 is 5.36. The Labute approximate surface area is 226 Å². The van der Waals surface area contributed by atoms with Gasteiger partial charge in [0.25, 0.3) is 23.6 Å². The van der Waals surface area contributed by atoms with Crippen molar-refractivity contribution in [1.82, 2.24) is 15.1 Å². The van der Waals surface area contributed by atoms with Crippen molar-refractivity contribution < 1.29 is 39.5 Å². The Morgan fingerprint density at radius 1 is 1.05 bits per heavy atom. The molecule has 0 bridgehead atoms. The predicted molar refractivity (Wildman–Crippen MR) is 137 cm³/mol. The normalized spacial score (nSPS) is 27.8. The maximum absolute atomic E-state index is 13.2. The fourth-order valence-electron chi connectivity index (χ4n) is 5.04. The molecule has 3 unspecified atom stereocenters. The highest BCUT2D eigenvalue weighted by molar-refractivity contribution is 6.38. The molecular weight excluding hydrogens is 506 g/mol. The molecule has 0 saturated carbocycles. The van der Waals surface area contributed by atoms with Crippen LogP contribution in [0.15, 0.2) is 42.5 Å². The Morgan fingerprint density at radius 3 is 2.38 bits per heavy atom. The van der Waals surface area contributed by atoms with Crippen molar-refractivity contribution >= 4 is 39.1 Å². The molecule has 0 aromatic heterocycles. The lowest BCUT2D eigenvalue weighted by Gasteiger charge is -2.49. The molecule has 3 atom stereocenters. The number of rotatable bonds is 6. The van der Waals surface area contributed by atoms with Crippen LogP contribution in [0.2, 0.25) is 0 Å². The number of carbonyl (C=O) groups excluding carboxylic acids is 3. The van der Waals surface area contributed by atoms with Gasteiger partial charge in [0, 0.05) is 48.6 Å². The number of aliphatic hydroxyl groups is 4. The molecule has 14 heteroatoms. The number of piperidine rings is 1. The zero-order valence-corrected chi connectivity index (χ0v) is 20.8. The first kappa shape index (κ1) is 27.3. The fourth-order valence-corrected chi connectivity index (χ4v) is 5.04. The van der Waals surface area contributed by atoms with E-state index in [4.69, 9.17) is 20.4 Å². The van der Waals surface area contributed by atoms with E-state index in [9.17, 15) is 34.8 Å². The Balaban J connectivity index is 1.36. The zero-order chi connectivity index (χ0) is 28.2. The lowest BCUT2D eigenvalue weighted by molar-refractivity contribution is -0.167. The van der Waals surface area contributed by atoms with Crippen molar-refractivity contribution in [3.05, 3.63) is 64.7 Å². The van der Waals surface area contributed by atoms with Gasteiger partial charge in [-0.25, -0.2) is 0 Å². The van der Waals surface area contributed by atoms with E-state index in [1.54, 1.807) is 24.3 Å². The number of fused-ring (bicyclic) bond motifs is 1. The van der Waals surface area contributed by atoms with Crippen molar-refractivity contribution in [2.24, 2.45) is 0 Å². The van der Waals surface area contributed by atoms with E-state index in [-0.39, 0.29) is 28.9 Å². The number of hydrogen-bond donors (Lipinski definition) is 6. The summed E-state index contributed by atoms with van der Waals surface area (Å²) in [5.41, 5.74) is -4.46. The molecule has 2 aromatic carbocycles. The quantitative estimate of drug-likeness (QED) is 0.132. The summed E-state index contributed by atoms with van der Waals surface area (Å²) in [5.74, 6) is -5.84. The van der Waals surface area contributed by atoms with Crippen molar-refractivity contribution in [3.63, 3.8) is 0 Å². The van der Waals surface area contributed by atoms with Gasteiger partial charge in [-0.15, -0.1) is 0 Å². The molecule has 3 aliphatic rings. The molecule has 5 rings (SSSR count). The van der Waals surface area contributed by atoms with E-state index in [1.807, 2.05) is 5.32 Å². The average molecular weight is 532 g/mol. The third-order valence-electron chi connectivity index (χ3n) is 7.34. The molecule has 3 aliphatic heterocycles. The number of imide groups is 1. The van der Waals surface area contributed by atoms with Gasteiger partial charge in [0.1, 0.15) is 27.2 Å². The summed E-state index contributed by atoms with van der Waals surface area (Å²) in [6.07, 6.45) is 0. The second kappa shape index (κ2) is 9.73. The molecule has 2 aromatic rings. The molecule has 39 heavy (non-hydrogen) atoms. The Morgan fingerprint density at radius 2 is 1.72 bits per heavy atom. The highest BCUT2D eigenvalue weighted by Gasteiger charge is 2.61. The number of anilines is 1. The van der Waals surface area contributed by atoms with Gasteiger partial charge in [0.05, 0.1) is 18.7 Å². The van der Waals surface area contributed by atoms with Crippen LogP contribution in [0.1, 0.15) is 27.0 Å². The van der Waals surface area contributed by atoms with E-state index >= 15 is 0 Å². The lowest BCUT2D eigenvalue weighted by atomic mass is 9.53. The maximum atomic E-state index is 13.2. The third-order valence-corrected chi connectivity index (χ3v) is 7.34. The summed E-state index contributed by atoms with van der Waals surface area (Å²) in [7, 11) is 11.2. The van der Waals surface area contributed by atoms with Crippen molar-refractivity contribution in [2.75, 3.05) is 31.6 Å². The number of ether oxygens (including phenoxy) is 1. The van der Waals surface area contributed by atoms with Gasteiger partial charge >= 0.3 is 0 Å². The van der Waals surface area contributed by atoms with Gasteiger partial charge in [-0.3, -0.25) is 24.6 Å². The van der Waals surface area contributed by atoms with E-state index in [0.717, 1.165) is 23.6 Å². The molecule has 6 N–H and O–H groups in total. The highest BCUT2D eigenvalue weighted by atomic mass is 16.5. The standard InChI is InChI=1S/C25H26B2N4O8/c26-23(35)19(20(32)28-22(34)24(23,27)36)31-13-17-16(21(31)33)2-1-3-18(17)29-25(37,38)15-6-4-14(5-7-15)12-30-8-10-39-11-9-30/h1-7,19,29,35-38H,8-13H2,(H,28,32,34). The topological polar surface area (TPSA) is 172 Å². The zero-order valence-electron chi connectivity index (χ0n) is 20.8. The highest BCUT2D eigenvalue weighted by Crippen LogP contribution is 2.37. The van der Waals surface area contributed by atoms with Gasteiger partial charge in [-0.2, -0.15) is 0 Å². The predicted octanol–water partition coefficient (Wildman–Crippen LogP) is -2.58. The Bertz CT molecular complexity index is 1310.